The molecule has 1 rings (SSSR count). The molecule has 0 atom stereocenters. The Morgan fingerprint density at radius 1 is 0.692 bits per heavy atom. The molecule has 0 saturated heterocycles. The largest absolute Gasteiger partial charge is 0.488 e. The Balaban J connectivity index is 2.85. The number of benzene rings is 1. The minimum Gasteiger partial charge on any atom is -0.488 e. The van der Waals surface area contributed by atoms with Gasteiger partial charge in [-0.2, -0.15) is 0 Å². The van der Waals surface area contributed by atoms with E-state index in [9.17, 15) is 9.59 Å². The van der Waals surface area contributed by atoms with Gasteiger partial charge in [0.25, 0.3) is 5.91 Å². The molecule has 0 aromatic heterocycles. The van der Waals surface area contributed by atoms with E-state index in [-0.39, 0.29) is 11.9 Å². The third kappa shape index (κ3) is 12.2. The van der Waals surface area contributed by atoms with Gasteiger partial charge >= 0.3 is 5.97 Å². The number of hydrogen-bond acceptors (Lipinski definition) is 5. The minimum absolute atomic E-state index is 0.141. The zero-order valence-electron chi connectivity index (χ0n) is 26.0. The van der Waals surface area contributed by atoms with Crippen LogP contribution < -0.4 is 14.8 Å². The van der Waals surface area contributed by atoms with Crippen molar-refractivity contribution in [2.24, 2.45) is 0 Å². The number of nitrogens with one attached hydrogen (secondary N) is 1. The Labute approximate surface area is 238 Å². The lowest BCUT2D eigenvalue weighted by Crippen LogP contribution is -2.50. The Hall–Kier alpha value is -2.32. The number of amides is 1. The fourth-order valence-electron chi connectivity index (χ4n) is 4.98. The third-order valence-corrected chi connectivity index (χ3v) is 8.48. The molecule has 0 aliphatic rings. The normalized spacial score (nSPS) is 11.8. The molecule has 39 heavy (non-hydrogen) atoms. The molecule has 1 amide bonds. The molecule has 8 nitrogen and oxygen atoms in total. The number of ether oxygens (including phenoxy) is 3. The summed E-state index contributed by atoms with van der Waals surface area (Å²) in [5.41, 5.74) is 0.540. The van der Waals surface area contributed by atoms with Crippen molar-refractivity contribution in [2.75, 3.05) is 78.7 Å². The Morgan fingerprint density at radius 2 is 1.18 bits per heavy atom. The SMILES string of the molecule is CCOC(=O)CCCCCNC(=O)c1cc(OCC[N+](CC)(CC)CC)cc(OCC[N+](CC)(CC)CC)c1. The maximum atomic E-state index is 13.0. The molecule has 0 aliphatic heterocycles. The predicted molar refractivity (Wildman–Crippen MR) is 158 cm³/mol. The van der Waals surface area contributed by atoms with E-state index < -0.39 is 0 Å². The van der Waals surface area contributed by atoms with Gasteiger partial charge in [0.2, 0.25) is 0 Å². The van der Waals surface area contributed by atoms with Gasteiger partial charge in [0, 0.05) is 24.6 Å². The van der Waals surface area contributed by atoms with Gasteiger partial charge in [0.1, 0.15) is 37.8 Å². The number of unbranched alkanes of at least 4 members (excludes halogenated alkanes) is 2. The molecule has 0 spiro atoms. The molecule has 0 fully saturated rings. The molecule has 0 aliphatic carbocycles. The van der Waals surface area contributed by atoms with Crippen molar-refractivity contribution in [1.29, 1.82) is 0 Å². The first-order valence-corrected chi connectivity index (χ1v) is 15.3. The van der Waals surface area contributed by atoms with Crippen LogP contribution in [0.25, 0.3) is 0 Å². The molecule has 8 heteroatoms. The highest BCUT2D eigenvalue weighted by Gasteiger charge is 2.22. The van der Waals surface area contributed by atoms with Crippen LogP contribution in [-0.2, 0) is 9.53 Å². The fourth-order valence-corrected chi connectivity index (χ4v) is 4.98. The molecule has 0 bridgehead atoms. The van der Waals surface area contributed by atoms with Crippen molar-refractivity contribution in [3.8, 4) is 11.5 Å². The van der Waals surface area contributed by atoms with Crippen LogP contribution in [0.4, 0.5) is 0 Å². The van der Waals surface area contributed by atoms with Crippen LogP contribution in [0.1, 0.15) is 84.5 Å². The van der Waals surface area contributed by atoms with E-state index in [1.807, 2.05) is 25.1 Å². The average molecular weight is 552 g/mol. The maximum Gasteiger partial charge on any atom is 0.305 e. The quantitative estimate of drug-likeness (QED) is 0.124. The van der Waals surface area contributed by atoms with Gasteiger partial charge in [-0.05, 0) is 73.4 Å². The number of quaternary nitrogens is 2. The van der Waals surface area contributed by atoms with E-state index in [0.717, 1.165) is 80.6 Å². The first-order chi connectivity index (χ1) is 18.8. The van der Waals surface area contributed by atoms with Gasteiger partial charge in [-0.25, -0.2) is 0 Å². The summed E-state index contributed by atoms with van der Waals surface area (Å²) in [6.07, 6.45) is 2.84. The van der Waals surface area contributed by atoms with Gasteiger partial charge in [-0.1, -0.05) is 6.42 Å². The van der Waals surface area contributed by atoms with Gasteiger partial charge in [0.15, 0.2) is 0 Å². The smallest absolute Gasteiger partial charge is 0.305 e. The number of esters is 1. The second-order valence-corrected chi connectivity index (χ2v) is 10.3. The molecule has 1 aromatic carbocycles. The van der Waals surface area contributed by atoms with Crippen LogP contribution in [-0.4, -0.2) is 99.6 Å². The van der Waals surface area contributed by atoms with E-state index in [0.29, 0.717) is 49.8 Å². The molecule has 0 radical (unpaired) electrons. The van der Waals surface area contributed by atoms with Crippen molar-refractivity contribution in [1.82, 2.24) is 5.32 Å². The van der Waals surface area contributed by atoms with E-state index in [1.54, 1.807) is 0 Å². The molecule has 1 N–H and O–H groups in total. The number of carbonyl (C=O) groups is 2. The number of carbonyl (C=O) groups excluding carboxylic acids is 2. The second kappa shape index (κ2) is 18.9. The summed E-state index contributed by atoms with van der Waals surface area (Å²) in [6.45, 7) is 25.5. The van der Waals surface area contributed by atoms with Gasteiger partial charge in [-0.15, -0.1) is 0 Å². The highest BCUT2D eigenvalue weighted by molar-refractivity contribution is 5.95. The fraction of sp³-hybridized carbons (Fsp3) is 0.742. The summed E-state index contributed by atoms with van der Waals surface area (Å²) < 4.78 is 19.3. The highest BCUT2D eigenvalue weighted by atomic mass is 16.5. The van der Waals surface area contributed by atoms with E-state index in [4.69, 9.17) is 14.2 Å². The number of nitrogens with zero attached hydrogens (tertiary/aromatic N) is 2. The van der Waals surface area contributed by atoms with Gasteiger partial charge < -0.3 is 28.5 Å². The maximum absolute atomic E-state index is 13.0. The number of likely N-dealkylation sites (N-methyl/N-ethyl adjacent to an activating group) is 2. The van der Waals surface area contributed by atoms with Crippen LogP contribution in [0.5, 0.6) is 11.5 Å². The minimum atomic E-state index is -0.161. The summed E-state index contributed by atoms with van der Waals surface area (Å²) in [5, 5.41) is 3.01. The number of rotatable bonds is 22. The predicted octanol–water partition coefficient (Wildman–Crippen LogP) is 5.05. The monoisotopic (exact) mass is 551 g/mol. The summed E-state index contributed by atoms with van der Waals surface area (Å²) in [5.74, 6) is 1.02. The molecular weight excluding hydrogens is 494 g/mol. The van der Waals surface area contributed by atoms with Crippen LogP contribution in [0, 0.1) is 0 Å². The van der Waals surface area contributed by atoms with E-state index in [1.165, 1.54) is 0 Å². The van der Waals surface area contributed by atoms with E-state index in [2.05, 4.69) is 46.9 Å². The molecule has 0 heterocycles. The Morgan fingerprint density at radius 3 is 1.62 bits per heavy atom. The van der Waals surface area contributed by atoms with Crippen molar-refractivity contribution >= 4 is 11.9 Å². The van der Waals surface area contributed by atoms with Gasteiger partial charge in [0.05, 0.1) is 45.9 Å². The molecule has 224 valence electrons. The van der Waals surface area contributed by atoms with Crippen molar-refractivity contribution in [3.05, 3.63) is 23.8 Å². The van der Waals surface area contributed by atoms with Crippen LogP contribution in [0.15, 0.2) is 18.2 Å². The zero-order chi connectivity index (χ0) is 29.2. The van der Waals surface area contributed by atoms with Crippen molar-refractivity contribution in [2.45, 2.75) is 74.1 Å². The van der Waals surface area contributed by atoms with Crippen LogP contribution >= 0.6 is 0 Å². The highest BCUT2D eigenvalue weighted by Crippen LogP contribution is 2.24. The lowest BCUT2D eigenvalue weighted by molar-refractivity contribution is -0.923. The summed E-state index contributed by atoms with van der Waals surface area (Å²) >= 11 is 0. The first kappa shape index (κ1) is 34.7. The molecular formula is C31H57N3O5+2. The van der Waals surface area contributed by atoms with Gasteiger partial charge in [-0.3, -0.25) is 9.59 Å². The summed E-state index contributed by atoms with van der Waals surface area (Å²) in [4.78, 5) is 24.5. The third-order valence-electron chi connectivity index (χ3n) is 8.48. The van der Waals surface area contributed by atoms with Crippen LogP contribution in [0.3, 0.4) is 0 Å². The second-order valence-electron chi connectivity index (χ2n) is 10.3. The Kier molecular flexibility index (Phi) is 16.8. The molecule has 0 saturated carbocycles. The Bertz CT molecular complexity index is 777. The van der Waals surface area contributed by atoms with Crippen LogP contribution in [0.2, 0.25) is 0 Å². The van der Waals surface area contributed by atoms with Crippen molar-refractivity contribution in [3.63, 3.8) is 0 Å². The summed E-state index contributed by atoms with van der Waals surface area (Å²) in [6, 6.07) is 5.53. The lowest BCUT2D eigenvalue weighted by Gasteiger charge is -2.35. The standard InChI is InChI=1S/C31H56N3O5/c1-8-33(9-2,10-3)20-22-38-28-24-27(31(36)32-19-17-15-16-18-30(35)37-14-7)25-29(26-28)39-23-21-34(11-4,12-5)13-6/h24-26H,8-23H2,1-7H3/q+1/p+1. The topological polar surface area (TPSA) is 73.9 Å². The first-order valence-electron chi connectivity index (χ1n) is 15.3. The lowest BCUT2D eigenvalue weighted by atomic mass is 10.1. The average Bonchev–Trinajstić information content (AvgIpc) is 2.96. The van der Waals surface area contributed by atoms with E-state index >= 15 is 0 Å². The molecule has 0 unspecified atom stereocenters. The van der Waals surface area contributed by atoms with Crippen molar-refractivity contribution < 1.29 is 32.8 Å². The zero-order valence-corrected chi connectivity index (χ0v) is 26.0. The number of hydrogen-bond donors (Lipinski definition) is 1. The summed E-state index contributed by atoms with van der Waals surface area (Å²) in [7, 11) is 0. The molecule has 1 aromatic rings.